The number of aryl methyl sites for hydroxylation is 1. The molecule has 1 heteroatoms. The summed E-state index contributed by atoms with van der Waals surface area (Å²) in [6.07, 6.45) is 1.97. The molecule has 0 aromatic heterocycles. The van der Waals surface area contributed by atoms with Gasteiger partial charge in [-0.15, -0.1) is 0 Å². The van der Waals surface area contributed by atoms with Crippen LogP contribution in [0.3, 0.4) is 0 Å². The standard InChI is InChI=1S/C8H10.C7H6O.2C2H6/c1-2-8-6-4-3-5-7-8;8-6-7-4-2-1-3-5-7;2*1-2/h3-7H,2H2,1H3;1-6H;2*1-2H3. The third kappa shape index (κ3) is 11.2. The fraction of sp³-hybridized carbons (Fsp3) is 0.316. The predicted octanol–water partition coefficient (Wildman–Crippen LogP) is 5.80. The lowest BCUT2D eigenvalue weighted by atomic mass is 10.2. The monoisotopic (exact) mass is 272 g/mol. The van der Waals surface area contributed by atoms with Crippen LogP contribution in [0.4, 0.5) is 0 Å². The first kappa shape index (κ1) is 20.4. The van der Waals surface area contributed by atoms with Crippen LogP contribution in [0.1, 0.15) is 50.5 Å². The molecule has 1 nitrogen and oxygen atoms in total. The molecule has 0 aliphatic heterocycles. The van der Waals surface area contributed by atoms with Crippen LogP contribution in [0, 0.1) is 0 Å². The Bertz CT molecular complexity index is 393. The number of hydrogen-bond donors (Lipinski definition) is 0. The van der Waals surface area contributed by atoms with Crippen molar-refractivity contribution in [2.24, 2.45) is 0 Å². The van der Waals surface area contributed by atoms with Gasteiger partial charge in [0.15, 0.2) is 0 Å². The van der Waals surface area contributed by atoms with Gasteiger partial charge in [-0.05, 0) is 12.0 Å². The first-order valence-electron chi connectivity index (χ1n) is 7.41. The highest BCUT2D eigenvalue weighted by molar-refractivity contribution is 5.74. The SMILES string of the molecule is CC.CC.CCc1ccccc1.O=Cc1ccccc1. The van der Waals surface area contributed by atoms with E-state index in [1.807, 2.05) is 52.0 Å². The summed E-state index contributed by atoms with van der Waals surface area (Å²) in [5, 5.41) is 0. The van der Waals surface area contributed by atoms with Gasteiger partial charge < -0.3 is 0 Å². The van der Waals surface area contributed by atoms with E-state index in [-0.39, 0.29) is 0 Å². The predicted molar refractivity (Wildman–Crippen MR) is 90.3 cm³/mol. The molecule has 2 aromatic rings. The molecule has 110 valence electrons. The Morgan fingerprint density at radius 1 is 0.750 bits per heavy atom. The molecule has 2 rings (SSSR count). The average Bonchev–Trinajstić information content (AvgIpc) is 2.60. The lowest BCUT2D eigenvalue weighted by Crippen LogP contribution is -1.73. The second-order valence-corrected chi connectivity index (χ2v) is 3.37. The summed E-state index contributed by atoms with van der Waals surface area (Å²) in [6, 6.07) is 19.6. The van der Waals surface area contributed by atoms with E-state index in [9.17, 15) is 4.79 Å². The quantitative estimate of drug-likeness (QED) is 0.631. The summed E-state index contributed by atoms with van der Waals surface area (Å²) in [7, 11) is 0. The van der Waals surface area contributed by atoms with Crippen molar-refractivity contribution in [3.05, 3.63) is 71.8 Å². The van der Waals surface area contributed by atoms with Crippen molar-refractivity contribution in [1.29, 1.82) is 0 Å². The largest absolute Gasteiger partial charge is 0.298 e. The molecule has 0 radical (unpaired) electrons. The van der Waals surface area contributed by atoms with Crippen LogP contribution < -0.4 is 0 Å². The number of hydrogen-bond acceptors (Lipinski definition) is 1. The minimum atomic E-state index is 0.729. The van der Waals surface area contributed by atoms with Crippen molar-refractivity contribution in [3.8, 4) is 0 Å². The average molecular weight is 272 g/mol. The third-order valence-corrected chi connectivity index (χ3v) is 2.19. The van der Waals surface area contributed by atoms with Crippen molar-refractivity contribution in [2.75, 3.05) is 0 Å². The third-order valence-electron chi connectivity index (χ3n) is 2.19. The van der Waals surface area contributed by atoms with Gasteiger partial charge in [0.25, 0.3) is 0 Å². The second-order valence-electron chi connectivity index (χ2n) is 3.37. The highest BCUT2D eigenvalue weighted by Crippen LogP contribution is 1.96. The van der Waals surface area contributed by atoms with Gasteiger partial charge in [-0.2, -0.15) is 0 Å². The summed E-state index contributed by atoms with van der Waals surface area (Å²) in [5.41, 5.74) is 2.14. The van der Waals surface area contributed by atoms with Gasteiger partial charge in [-0.25, -0.2) is 0 Å². The van der Waals surface area contributed by atoms with Crippen LogP contribution >= 0.6 is 0 Å². The van der Waals surface area contributed by atoms with Crippen LogP contribution in [0.15, 0.2) is 60.7 Å². The highest BCUT2D eigenvalue weighted by atomic mass is 16.1. The van der Waals surface area contributed by atoms with Gasteiger partial charge in [-0.1, -0.05) is 95.3 Å². The van der Waals surface area contributed by atoms with Crippen LogP contribution in [0.5, 0.6) is 0 Å². The lowest BCUT2D eigenvalue weighted by Gasteiger charge is -1.89. The number of aldehydes is 1. The van der Waals surface area contributed by atoms with Crippen LogP contribution in [0.25, 0.3) is 0 Å². The zero-order chi connectivity index (χ0) is 15.6. The Labute approximate surface area is 124 Å². The molecule has 0 spiro atoms. The number of benzene rings is 2. The van der Waals surface area contributed by atoms with Gasteiger partial charge in [0.05, 0.1) is 0 Å². The molecule has 0 unspecified atom stereocenters. The molecule has 0 heterocycles. The smallest absolute Gasteiger partial charge is 0.150 e. The highest BCUT2D eigenvalue weighted by Gasteiger charge is 1.80. The molecule has 0 N–H and O–H groups in total. The number of carbonyl (C=O) groups excluding carboxylic acids is 1. The zero-order valence-electron chi connectivity index (χ0n) is 13.5. The Morgan fingerprint density at radius 2 is 1.15 bits per heavy atom. The fourth-order valence-electron chi connectivity index (χ4n) is 1.25. The Hall–Kier alpha value is -1.89. The van der Waals surface area contributed by atoms with Crippen LogP contribution in [-0.2, 0) is 6.42 Å². The van der Waals surface area contributed by atoms with E-state index in [2.05, 4.69) is 31.2 Å². The normalized spacial score (nSPS) is 7.65. The maximum atomic E-state index is 10.0. The van der Waals surface area contributed by atoms with E-state index in [1.54, 1.807) is 12.1 Å². The van der Waals surface area contributed by atoms with E-state index < -0.39 is 0 Å². The minimum Gasteiger partial charge on any atom is -0.298 e. The first-order chi connectivity index (χ1) is 9.86. The lowest BCUT2D eigenvalue weighted by molar-refractivity contribution is 0.112. The molecule has 0 aliphatic rings. The Balaban J connectivity index is 0. The molecule has 0 atom stereocenters. The molecule has 0 bridgehead atoms. The number of rotatable bonds is 2. The first-order valence-corrected chi connectivity index (χ1v) is 7.41. The molecular formula is C19H28O. The second kappa shape index (κ2) is 17.1. The van der Waals surface area contributed by atoms with Crippen molar-refractivity contribution >= 4 is 6.29 Å². The number of carbonyl (C=O) groups is 1. The summed E-state index contributed by atoms with van der Waals surface area (Å²) >= 11 is 0. The fourth-order valence-corrected chi connectivity index (χ4v) is 1.25. The zero-order valence-corrected chi connectivity index (χ0v) is 13.5. The van der Waals surface area contributed by atoms with Crippen molar-refractivity contribution in [2.45, 2.75) is 41.0 Å². The maximum Gasteiger partial charge on any atom is 0.150 e. The molecule has 20 heavy (non-hydrogen) atoms. The van der Waals surface area contributed by atoms with Crippen molar-refractivity contribution < 1.29 is 4.79 Å². The van der Waals surface area contributed by atoms with Crippen LogP contribution in [0.2, 0.25) is 0 Å². The maximum absolute atomic E-state index is 10.0. The van der Waals surface area contributed by atoms with Gasteiger partial charge in [-0.3, -0.25) is 4.79 Å². The molecule has 0 fully saturated rings. The van der Waals surface area contributed by atoms with Gasteiger partial charge in [0, 0.05) is 5.56 Å². The summed E-state index contributed by atoms with van der Waals surface area (Å²) in [5.74, 6) is 0. The summed E-state index contributed by atoms with van der Waals surface area (Å²) in [6.45, 7) is 10.2. The van der Waals surface area contributed by atoms with Crippen molar-refractivity contribution in [3.63, 3.8) is 0 Å². The summed E-state index contributed by atoms with van der Waals surface area (Å²) < 4.78 is 0. The van der Waals surface area contributed by atoms with E-state index in [1.165, 1.54) is 5.56 Å². The molecular weight excluding hydrogens is 244 g/mol. The molecule has 0 saturated heterocycles. The molecule has 0 aliphatic carbocycles. The van der Waals surface area contributed by atoms with E-state index in [4.69, 9.17) is 0 Å². The minimum absolute atomic E-state index is 0.729. The molecule has 0 saturated carbocycles. The van der Waals surface area contributed by atoms with E-state index >= 15 is 0 Å². The molecule has 2 aromatic carbocycles. The van der Waals surface area contributed by atoms with Gasteiger partial charge in [0.1, 0.15) is 6.29 Å². The van der Waals surface area contributed by atoms with Gasteiger partial charge >= 0.3 is 0 Å². The Kier molecular flexibility index (Phi) is 17.5. The van der Waals surface area contributed by atoms with E-state index in [0.29, 0.717) is 0 Å². The van der Waals surface area contributed by atoms with Crippen molar-refractivity contribution in [1.82, 2.24) is 0 Å². The topological polar surface area (TPSA) is 17.1 Å². The van der Waals surface area contributed by atoms with E-state index in [0.717, 1.165) is 18.3 Å². The summed E-state index contributed by atoms with van der Waals surface area (Å²) in [4.78, 5) is 10.0. The Morgan fingerprint density at radius 3 is 1.40 bits per heavy atom. The van der Waals surface area contributed by atoms with Gasteiger partial charge in [0.2, 0.25) is 0 Å². The van der Waals surface area contributed by atoms with Crippen LogP contribution in [-0.4, -0.2) is 6.29 Å². The molecule has 0 amide bonds.